The summed E-state index contributed by atoms with van der Waals surface area (Å²) in [4.78, 5) is 4.30. The van der Waals surface area contributed by atoms with Gasteiger partial charge in [-0.15, -0.1) is 0 Å². The third kappa shape index (κ3) is 2.50. The fourth-order valence-electron chi connectivity index (χ4n) is 1.61. The lowest BCUT2D eigenvalue weighted by Gasteiger charge is -2.16. The predicted molar refractivity (Wildman–Crippen MR) is 69.3 cm³/mol. The van der Waals surface area contributed by atoms with Gasteiger partial charge >= 0.3 is 0 Å². The Balaban J connectivity index is 2.43. The van der Waals surface area contributed by atoms with Gasteiger partial charge in [0.2, 0.25) is 0 Å². The molecule has 0 fully saturated rings. The molecule has 17 heavy (non-hydrogen) atoms. The second-order valence-electron chi connectivity index (χ2n) is 3.50. The highest BCUT2D eigenvalue weighted by Crippen LogP contribution is 2.26. The average Bonchev–Trinajstić information content (AvgIpc) is 2.64. The van der Waals surface area contributed by atoms with Crippen molar-refractivity contribution in [3.63, 3.8) is 0 Å². The molecule has 0 radical (unpaired) electrons. The zero-order valence-electron chi connectivity index (χ0n) is 9.06. The highest BCUT2D eigenvalue weighted by Gasteiger charge is 2.20. The van der Waals surface area contributed by atoms with Gasteiger partial charge in [0.05, 0.1) is 22.6 Å². The summed E-state index contributed by atoms with van der Waals surface area (Å²) in [5.74, 6) is 5.57. The molecule has 0 saturated carbocycles. The third-order valence-electron chi connectivity index (χ3n) is 2.42. The molecule has 0 saturated heterocycles. The Morgan fingerprint density at radius 3 is 2.71 bits per heavy atom. The van der Waals surface area contributed by atoms with E-state index >= 15 is 0 Å². The fourth-order valence-corrected chi connectivity index (χ4v) is 2.12. The number of hydrogen-bond acceptors (Lipinski definition) is 4. The van der Waals surface area contributed by atoms with Gasteiger partial charge in [0.15, 0.2) is 0 Å². The molecule has 2 heterocycles. The fraction of sp³-hybridized carbons (Fsp3) is 0.200. The highest BCUT2D eigenvalue weighted by molar-refractivity contribution is 9.10. The Labute approximate surface area is 112 Å². The first kappa shape index (κ1) is 12.5. The molecule has 1 unspecified atom stereocenters. The molecule has 0 amide bonds. The zero-order chi connectivity index (χ0) is 12.4. The van der Waals surface area contributed by atoms with Crippen molar-refractivity contribution >= 4 is 27.5 Å². The number of nitrogens with one attached hydrogen (secondary N) is 1. The standard InChI is InChI=1S/C10H11BrClN5/c1-17-10(7(12)5-15-17)9(16-13)8-3-2-6(11)4-14-8/h2-5,9,16H,13H2,1H3. The van der Waals surface area contributed by atoms with E-state index in [0.29, 0.717) is 5.02 Å². The Morgan fingerprint density at radius 2 is 2.24 bits per heavy atom. The maximum absolute atomic E-state index is 6.08. The first-order valence-corrected chi connectivity index (χ1v) is 6.05. The zero-order valence-corrected chi connectivity index (χ0v) is 11.4. The number of rotatable bonds is 3. The SMILES string of the molecule is Cn1ncc(Cl)c1C(NN)c1ccc(Br)cn1. The molecule has 0 bridgehead atoms. The molecule has 0 aliphatic carbocycles. The van der Waals surface area contributed by atoms with Crippen LogP contribution in [0.1, 0.15) is 17.4 Å². The van der Waals surface area contributed by atoms with Crippen LogP contribution < -0.4 is 11.3 Å². The van der Waals surface area contributed by atoms with Crippen LogP contribution in [0.2, 0.25) is 5.02 Å². The Kier molecular flexibility index (Phi) is 3.78. The van der Waals surface area contributed by atoms with Crippen molar-refractivity contribution in [2.45, 2.75) is 6.04 Å². The van der Waals surface area contributed by atoms with Crippen LogP contribution in [0.3, 0.4) is 0 Å². The Morgan fingerprint density at radius 1 is 1.47 bits per heavy atom. The molecule has 1 atom stereocenters. The van der Waals surface area contributed by atoms with Crippen LogP contribution in [-0.2, 0) is 7.05 Å². The number of halogens is 2. The molecule has 2 aromatic rings. The maximum atomic E-state index is 6.08. The van der Waals surface area contributed by atoms with E-state index in [1.165, 1.54) is 0 Å². The van der Waals surface area contributed by atoms with Crippen LogP contribution >= 0.6 is 27.5 Å². The number of aromatic nitrogens is 3. The Bertz CT molecular complexity index is 490. The van der Waals surface area contributed by atoms with Gasteiger partial charge < -0.3 is 0 Å². The van der Waals surface area contributed by atoms with E-state index in [2.05, 4.69) is 31.4 Å². The van der Waals surface area contributed by atoms with Crippen molar-refractivity contribution in [2.24, 2.45) is 12.9 Å². The van der Waals surface area contributed by atoms with Gasteiger partial charge in [-0.3, -0.25) is 15.5 Å². The first-order valence-electron chi connectivity index (χ1n) is 4.88. The predicted octanol–water partition coefficient (Wildman–Crippen LogP) is 1.78. The third-order valence-corrected chi connectivity index (χ3v) is 3.18. The molecule has 2 aromatic heterocycles. The van der Waals surface area contributed by atoms with E-state index in [0.717, 1.165) is 15.9 Å². The van der Waals surface area contributed by atoms with Crippen molar-refractivity contribution in [3.05, 3.63) is 45.4 Å². The quantitative estimate of drug-likeness (QED) is 0.669. The summed E-state index contributed by atoms with van der Waals surface area (Å²) >= 11 is 9.42. The normalized spacial score (nSPS) is 12.7. The molecule has 5 nitrogen and oxygen atoms in total. The van der Waals surface area contributed by atoms with Crippen LogP contribution in [0.25, 0.3) is 0 Å². The topological polar surface area (TPSA) is 68.8 Å². The summed E-state index contributed by atoms with van der Waals surface area (Å²) in [5.41, 5.74) is 4.26. The number of aryl methyl sites for hydroxylation is 1. The summed E-state index contributed by atoms with van der Waals surface area (Å²) < 4.78 is 2.59. The molecule has 3 N–H and O–H groups in total. The Hall–Kier alpha value is -0.950. The average molecular weight is 317 g/mol. The van der Waals surface area contributed by atoms with Crippen LogP contribution in [0, 0.1) is 0 Å². The van der Waals surface area contributed by atoms with E-state index in [-0.39, 0.29) is 6.04 Å². The molecule has 2 rings (SSSR count). The molecule has 0 aromatic carbocycles. The molecule has 0 aliphatic heterocycles. The summed E-state index contributed by atoms with van der Waals surface area (Å²) in [5, 5.41) is 4.64. The van der Waals surface area contributed by atoms with E-state index in [9.17, 15) is 0 Å². The number of pyridine rings is 1. The maximum Gasteiger partial charge on any atom is 0.106 e. The summed E-state index contributed by atoms with van der Waals surface area (Å²) in [6.07, 6.45) is 3.30. The minimum Gasteiger partial charge on any atom is -0.270 e. The molecular formula is C10H11BrClN5. The van der Waals surface area contributed by atoms with Crippen LogP contribution in [0.15, 0.2) is 29.0 Å². The van der Waals surface area contributed by atoms with E-state index < -0.39 is 0 Å². The van der Waals surface area contributed by atoms with Crippen molar-refractivity contribution in [2.75, 3.05) is 0 Å². The lowest BCUT2D eigenvalue weighted by atomic mass is 10.1. The summed E-state index contributed by atoms with van der Waals surface area (Å²) in [6, 6.07) is 3.48. The number of nitrogens with two attached hydrogens (primary N) is 1. The van der Waals surface area contributed by atoms with Gasteiger partial charge in [0.1, 0.15) is 6.04 Å². The van der Waals surface area contributed by atoms with Gasteiger partial charge in [-0.1, -0.05) is 11.6 Å². The monoisotopic (exact) mass is 315 g/mol. The number of hydrogen-bond donors (Lipinski definition) is 2. The molecule has 0 spiro atoms. The van der Waals surface area contributed by atoms with Gasteiger partial charge in [-0.2, -0.15) is 5.10 Å². The van der Waals surface area contributed by atoms with E-state index in [1.807, 2.05) is 19.2 Å². The molecule has 90 valence electrons. The van der Waals surface area contributed by atoms with E-state index in [1.54, 1.807) is 17.1 Å². The minimum atomic E-state index is -0.289. The number of hydrazine groups is 1. The van der Waals surface area contributed by atoms with Crippen molar-refractivity contribution < 1.29 is 0 Å². The van der Waals surface area contributed by atoms with Gasteiger partial charge in [-0.25, -0.2) is 5.43 Å². The molecule has 7 heteroatoms. The highest BCUT2D eigenvalue weighted by atomic mass is 79.9. The lowest BCUT2D eigenvalue weighted by molar-refractivity contribution is 0.564. The second-order valence-corrected chi connectivity index (χ2v) is 4.83. The van der Waals surface area contributed by atoms with Crippen molar-refractivity contribution in [1.82, 2.24) is 20.2 Å². The summed E-state index contributed by atoms with van der Waals surface area (Å²) in [6.45, 7) is 0. The first-order chi connectivity index (χ1) is 8.13. The van der Waals surface area contributed by atoms with Crippen molar-refractivity contribution in [3.8, 4) is 0 Å². The van der Waals surface area contributed by atoms with Gasteiger partial charge in [0, 0.05) is 17.7 Å². The largest absolute Gasteiger partial charge is 0.270 e. The van der Waals surface area contributed by atoms with Crippen molar-refractivity contribution in [1.29, 1.82) is 0 Å². The molecule has 0 aliphatic rings. The van der Waals surface area contributed by atoms with Crippen LogP contribution in [0.4, 0.5) is 0 Å². The minimum absolute atomic E-state index is 0.289. The van der Waals surface area contributed by atoms with Crippen LogP contribution in [-0.4, -0.2) is 14.8 Å². The second kappa shape index (κ2) is 5.14. The number of nitrogens with zero attached hydrogens (tertiary/aromatic N) is 3. The van der Waals surface area contributed by atoms with Gasteiger partial charge in [0.25, 0.3) is 0 Å². The van der Waals surface area contributed by atoms with Gasteiger partial charge in [-0.05, 0) is 28.1 Å². The lowest BCUT2D eigenvalue weighted by Crippen LogP contribution is -2.31. The molecular weight excluding hydrogens is 306 g/mol. The summed E-state index contributed by atoms with van der Waals surface area (Å²) in [7, 11) is 1.81. The smallest absolute Gasteiger partial charge is 0.106 e. The van der Waals surface area contributed by atoms with Crippen LogP contribution in [0.5, 0.6) is 0 Å². The van der Waals surface area contributed by atoms with E-state index in [4.69, 9.17) is 17.4 Å².